The number of carbonyl (C=O) groups is 3. The Balaban J connectivity index is 1.64. The summed E-state index contributed by atoms with van der Waals surface area (Å²) >= 11 is 0. The van der Waals surface area contributed by atoms with Crippen molar-refractivity contribution >= 4 is 17.9 Å². The zero-order chi connectivity index (χ0) is 27.9. The van der Waals surface area contributed by atoms with Crippen molar-refractivity contribution in [2.24, 2.45) is 0 Å². The van der Waals surface area contributed by atoms with Gasteiger partial charge in [0.15, 0.2) is 0 Å². The highest BCUT2D eigenvalue weighted by molar-refractivity contribution is 6.03. The van der Waals surface area contributed by atoms with Gasteiger partial charge in [0.25, 0.3) is 0 Å². The van der Waals surface area contributed by atoms with Crippen LogP contribution in [-0.4, -0.2) is 28.1 Å². The Labute approximate surface area is 229 Å². The van der Waals surface area contributed by atoms with E-state index in [0.29, 0.717) is 16.9 Å². The van der Waals surface area contributed by atoms with Gasteiger partial charge in [-0.05, 0) is 70.3 Å². The highest BCUT2D eigenvalue weighted by atomic mass is 16.5. The zero-order valence-corrected chi connectivity index (χ0v) is 21.1. The fourth-order valence-corrected chi connectivity index (χ4v) is 5.66. The minimum atomic E-state index is -1.04. The first kappa shape index (κ1) is 24.8. The van der Waals surface area contributed by atoms with Gasteiger partial charge in [0.2, 0.25) is 0 Å². The maximum absolute atomic E-state index is 13.6. The molecule has 5 aromatic rings. The number of esters is 1. The van der Waals surface area contributed by atoms with Crippen LogP contribution in [0.15, 0.2) is 121 Å². The molecule has 0 heterocycles. The molecule has 1 aliphatic rings. The van der Waals surface area contributed by atoms with Crippen molar-refractivity contribution in [2.45, 2.75) is 5.41 Å². The van der Waals surface area contributed by atoms with Gasteiger partial charge in [-0.15, -0.1) is 0 Å². The van der Waals surface area contributed by atoms with E-state index in [4.69, 9.17) is 4.74 Å². The Bertz CT molecular complexity index is 1710. The van der Waals surface area contributed by atoms with Gasteiger partial charge in [-0.3, -0.25) is 0 Å². The molecule has 2 N–H and O–H groups in total. The van der Waals surface area contributed by atoms with Gasteiger partial charge in [0.05, 0.1) is 22.1 Å². The third-order valence-electron chi connectivity index (χ3n) is 7.37. The Morgan fingerprint density at radius 2 is 1.07 bits per heavy atom. The number of carboxylic acids is 2. The number of aromatic carboxylic acids is 2. The average molecular weight is 527 g/mol. The largest absolute Gasteiger partial charge is 0.478 e. The molecule has 0 spiro atoms. The molecule has 0 saturated carbocycles. The summed E-state index contributed by atoms with van der Waals surface area (Å²) in [6, 6.07) is 35.4. The number of hydrogen-bond donors (Lipinski definition) is 2. The van der Waals surface area contributed by atoms with Crippen molar-refractivity contribution in [1.29, 1.82) is 0 Å². The smallest absolute Gasteiger partial charge is 0.344 e. The van der Waals surface area contributed by atoms with Crippen molar-refractivity contribution in [3.63, 3.8) is 0 Å². The number of ether oxygens (including phenoxy) is 1. The molecule has 194 valence electrons. The van der Waals surface area contributed by atoms with Gasteiger partial charge in [-0.25, -0.2) is 14.4 Å². The van der Waals surface area contributed by atoms with Gasteiger partial charge in [-0.1, -0.05) is 78.9 Å². The van der Waals surface area contributed by atoms with Crippen LogP contribution in [0.4, 0.5) is 0 Å². The van der Waals surface area contributed by atoms with E-state index in [9.17, 15) is 24.6 Å². The van der Waals surface area contributed by atoms with Crippen LogP contribution in [0.1, 0.15) is 53.3 Å². The number of carboxylic acid groups (broad SMARTS) is 2. The molecular formula is C34H22O6. The Kier molecular flexibility index (Phi) is 6.00. The maximum Gasteiger partial charge on any atom is 0.344 e. The minimum Gasteiger partial charge on any atom is -0.478 e. The molecule has 0 atom stereocenters. The van der Waals surface area contributed by atoms with Crippen molar-refractivity contribution < 1.29 is 29.3 Å². The van der Waals surface area contributed by atoms with Crippen LogP contribution in [0.3, 0.4) is 0 Å². The van der Waals surface area contributed by atoms with Crippen molar-refractivity contribution in [2.75, 3.05) is 0 Å². The number of rotatable bonds is 6. The molecule has 1 aliphatic carbocycles. The molecular weight excluding hydrogens is 504 g/mol. The highest BCUT2D eigenvalue weighted by Crippen LogP contribution is 2.57. The van der Waals surface area contributed by atoms with E-state index in [1.54, 1.807) is 84.9 Å². The predicted octanol–water partition coefficient (Wildman–Crippen LogP) is 6.67. The molecule has 40 heavy (non-hydrogen) atoms. The molecule has 0 fully saturated rings. The summed E-state index contributed by atoms with van der Waals surface area (Å²) in [5.41, 5.74) is 4.52. The molecule has 0 aliphatic heterocycles. The van der Waals surface area contributed by atoms with Gasteiger partial charge < -0.3 is 14.9 Å². The lowest BCUT2D eigenvalue weighted by Gasteiger charge is -2.34. The monoisotopic (exact) mass is 526 g/mol. The van der Waals surface area contributed by atoms with Crippen LogP contribution in [0, 0.1) is 0 Å². The minimum absolute atomic E-state index is 0.145. The molecule has 6 heteroatoms. The Morgan fingerprint density at radius 3 is 1.65 bits per heavy atom. The lowest BCUT2D eigenvalue weighted by atomic mass is 9.67. The third kappa shape index (κ3) is 3.85. The Hall–Kier alpha value is -5.49. The lowest BCUT2D eigenvalue weighted by Crippen LogP contribution is -2.29. The summed E-state index contributed by atoms with van der Waals surface area (Å²) in [6.07, 6.45) is 0. The van der Waals surface area contributed by atoms with Gasteiger partial charge in [0.1, 0.15) is 5.75 Å². The van der Waals surface area contributed by atoms with E-state index < -0.39 is 23.3 Å². The maximum atomic E-state index is 13.6. The summed E-state index contributed by atoms with van der Waals surface area (Å²) in [5, 5.41) is 19.1. The molecule has 0 unspecified atom stereocenters. The predicted molar refractivity (Wildman–Crippen MR) is 149 cm³/mol. The Morgan fingerprint density at radius 1 is 0.550 bits per heavy atom. The molecule has 0 bridgehead atoms. The van der Waals surface area contributed by atoms with Crippen molar-refractivity contribution in [3.8, 4) is 16.9 Å². The number of carbonyl (C=O) groups excluding carboxylic acids is 1. The summed E-state index contributed by atoms with van der Waals surface area (Å²) in [7, 11) is 0. The van der Waals surface area contributed by atoms with Gasteiger partial charge >= 0.3 is 17.9 Å². The topological polar surface area (TPSA) is 101 Å². The van der Waals surface area contributed by atoms with Gasteiger partial charge in [-0.2, -0.15) is 0 Å². The SMILES string of the molecule is O=C(O)c1ccc(C2(c3ccc(C(=O)O)cc3)c3ccccc3-c3c(C(=O)Oc4ccccc4)cccc32)cc1. The first-order valence-corrected chi connectivity index (χ1v) is 12.6. The molecule has 0 radical (unpaired) electrons. The second-order valence-electron chi connectivity index (χ2n) is 9.49. The third-order valence-corrected chi connectivity index (χ3v) is 7.37. The van der Waals surface area contributed by atoms with Crippen LogP contribution in [-0.2, 0) is 5.41 Å². The summed E-state index contributed by atoms with van der Waals surface area (Å²) in [4.78, 5) is 36.8. The van der Waals surface area contributed by atoms with Crippen LogP contribution < -0.4 is 4.74 Å². The zero-order valence-electron chi connectivity index (χ0n) is 21.1. The van der Waals surface area contributed by atoms with E-state index in [0.717, 1.165) is 27.8 Å². The van der Waals surface area contributed by atoms with Crippen LogP contribution in [0.5, 0.6) is 5.75 Å². The second kappa shape index (κ2) is 9.67. The fraction of sp³-hybridized carbons (Fsp3) is 0.0294. The summed E-state index contributed by atoms with van der Waals surface area (Å²) in [5.74, 6) is -2.15. The van der Waals surface area contributed by atoms with E-state index in [2.05, 4.69) is 0 Å². The average Bonchev–Trinajstić information content (AvgIpc) is 3.29. The first-order chi connectivity index (χ1) is 19.4. The van der Waals surface area contributed by atoms with Crippen molar-refractivity contribution in [3.05, 3.63) is 160 Å². The quantitative estimate of drug-likeness (QED) is 0.186. The number of para-hydroxylation sites is 1. The van der Waals surface area contributed by atoms with Crippen LogP contribution in [0.2, 0.25) is 0 Å². The number of hydrogen-bond acceptors (Lipinski definition) is 4. The molecule has 5 aromatic carbocycles. The highest BCUT2D eigenvalue weighted by Gasteiger charge is 2.47. The number of benzene rings is 5. The molecule has 6 rings (SSSR count). The summed E-state index contributed by atoms with van der Waals surface area (Å²) < 4.78 is 5.74. The van der Waals surface area contributed by atoms with Crippen molar-refractivity contribution in [1.82, 2.24) is 0 Å². The fourth-order valence-electron chi connectivity index (χ4n) is 5.66. The van der Waals surface area contributed by atoms with Gasteiger partial charge in [0, 0.05) is 5.56 Å². The van der Waals surface area contributed by atoms with E-state index in [1.807, 2.05) is 36.4 Å². The molecule has 0 aromatic heterocycles. The first-order valence-electron chi connectivity index (χ1n) is 12.6. The standard InChI is InChI=1S/C34H22O6/c35-31(36)21-13-17-23(18-14-21)34(24-19-15-22(16-20-24)32(37)38)28-11-5-4-9-26(28)30-27(10-6-12-29(30)34)33(39)40-25-7-2-1-3-8-25/h1-20H,(H,35,36)(H,37,38). The van der Waals surface area contributed by atoms with E-state index in [-0.39, 0.29) is 11.1 Å². The second-order valence-corrected chi connectivity index (χ2v) is 9.49. The van der Waals surface area contributed by atoms with E-state index in [1.165, 1.54) is 0 Å². The molecule has 0 saturated heterocycles. The summed E-state index contributed by atoms with van der Waals surface area (Å²) in [6.45, 7) is 0. The number of fused-ring (bicyclic) bond motifs is 3. The van der Waals surface area contributed by atoms with Crippen LogP contribution in [0.25, 0.3) is 11.1 Å². The molecule has 0 amide bonds. The normalized spacial score (nSPS) is 12.7. The lowest BCUT2D eigenvalue weighted by molar-refractivity contribution is 0.0686. The molecule has 6 nitrogen and oxygen atoms in total. The van der Waals surface area contributed by atoms with E-state index >= 15 is 0 Å². The van der Waals surface area contributed by atoms with Crippen LogP contribution >= 0.6 is 0 Å².